The van der Waals surface area contributed by atoms with Gasteiger partial charge in [0.1, 0.15) is 5.78 Å². The second-order valence-corrected chi connectivity index (χ2v) is 5.46. The van der Waals surface area contributed by atoms with E-state index in [-0.39, 0.29) is 0 Å². The Bertz CT molecular complexity index is 230. The van der Waals surface area contributed by atoms with E-state index in [9.17, 15) is 4.79 Å². The van der Waals surface area contributed by atoms with Crippen molar-refractivity contribution in [1.29, 1.82) is 0 Å². The largest absolute Gasteiger partial charge is 0.378 e. The minimum Gasteiger partial charge on any atom is -0.378 e. The maximum absolute atomic E-state index is 11.8. The van der Waals surface area contributed by atoms with Crippen molar-refractivity contribution >= 4 is 5.78 Å². The molecule has 0 aromatic heterocycles. The van der Waals surface area contributed by atoms with Crippen molar-refractivity contribution in [3.8, 4) is 0 Å². The average molecular weight is 239 g/mol. The molecule has 0 spiro atoms. The summed E-state index contributed by atoms with van der Waals surface area (Å²) in [6.45, 7) is 3.16. The van der Waals surface area contributed by atoms with Crippen LogP contribution >= 0.6 is 0 Å². The summed E-state index contributed by atoms with van der Waals surface area (Å²) in [4.78, 5) is 11.8. The van der Waals surface area contributed by atoms with E-state index in [1.54, 1.807) is 0 Å². The lowest BCUT2D eigenvalue weighted by molar-refractivity contribution is -0.120. The van der Waals surface area contributed by atoms with Crippen LogP contribution in [0.1, 0.15) is 51.4 Å². The fourth-order valence-corrected chi connectivity index (χ4v) is 2.85. The second-order valence-electron chi connectivity index (χ2n) is 5.46. The monoisotopic (exact) mass is 239 g/mol. The van der Waals surface area contributed by atoms with Gasteiger partial charge in [-0.3, -0.25) is 4.79 Å². The zero-order valence-corrected chi connectivity index (χ0v) is 10.7. The number of carbonyl (C=O) groups excluding carboxylic acids is 1. The number of carbonyl (C=O) groups is 1. The fraction of sp³-hybridized carbons (Fsp3) is 0.929. The van der Waals surface area contributed by atoms with E-state index in [2.05, 4.69) is 5.32 Å². The second kappa shape index (κ2) is 7.12. The first-order valence-corrected chi connectivity index (χ1v) is 7.18. The molecule has 0 saturated carbocycles. The Hall–Kier alpha value is -0.410. The molecule has 17 heavy (non-hydrogen) atoms. The van der Waals surface area contributed by atoms with Gasteiger partial charge in [-0.25, -0.2) is 0 Å². The Kier molecular flexibility index (Phi) is 5.46. The fourth-order valence-electron chi connectivity index (χ4n) is 2.85. The molecule has 0 amide bonds. The van der Waals surface area contributed by atoms with E-state index in [4.69, 9.17) is 4.74 Å². The van der Waals surface area contributed by atoms with Gasteiger partial charge in [-0.15, -0.1) is 0 Å². The quantitative estimate of drug-likeness (QED) is 0.773. The van der Waals surface area contributed by atoms with E-state index in [1.807, 2.05) is 0 Å². The van der Waals surface area contributed by atoms with Crippen LogP contribution in [0, 0.1) is 5.92 Å². The summed E-state index contributed by atoms with van der Waals surface area (Å²) in [5.74, 6) is 1.17. The summed E-state index contributed by atoms with van der Waals surface area (Å²) in [7, 11) is 0. The normalized spacial score (nSPS) is 29.4. The third-order valence-corrected chi connectivity index (χ3v) is 4.00. The highest BCUT2D eigenvalue weighted by atomic mass is 16.5. The molecule has 0 aromatic rings. The zero-order valence-electron chi connectivity index (χ0n) is 10.7. The van der Waals surface area contributed by atoms with Crippen molar-refractivity contribution in [3.05, 3.63) is 0 Å². The number of ether oxygens (including phenoxy) is 1. The summed E-state index contributed by atoms with van der Waals surface area (Å²) in [5.41, 5.74) is 0. The molecule has 3 nitrogen and oxygen atoms in total. The van der Waals surface area contributed by atoms with Gasteiger partial charge in [0.05, 0.1) is 6.10 Å². The van der Waals surface area contributed by atoms with E-state index in [0.29, 0.717) is 11.9 Å². The lowest BCUT2D eigenvalue weighted by Crippen LogP contribution is -2.30. The predicted octanol–water partition coefficient (Wildman–Crippen LogP) is 2.29. The maximum atomic E-state index is 11.8. The van der Waals surface area contributed by atoms with Gasteiger partial charge in [0.15, 0.2) is 0 Å². The summed E-state index contributed by atoms with van der Waals surface area (Å²) in [6.07, 6.45) is 8.80. The van der Waals surface area contributed by atoms with Crippen molar-refractivity contribution < 1.29 is 9.53 Å². The standard InChI is InChI=1S/C14H25NO2/c16-13(7-8-14-4-2-10-17-14)6-5-12-3-1-9-15-11-12/h12,14-15H,1-11H2. The van der Waals surface area contributed by atoms with Crippen LogP contribution in [0.25, 0.3) is 0 Å². The molecule has 2 rings (SSSR count). The van der Waals surface area contributed by atoms with E-state index in [1.165, 1.54) is 19.3 Å². The van der Waals surface area contributed by atoms with Crippen LogP contribution < -0.4 is 5.32 Å². The molecule has 0 aliphatic carbocycles. The number of nitrogens with one attached hydrogen (secondary N) is 1. The van der Waals surface area contributed by atoms with Gasteiger partial charge in [0.25, 0.3) is 0 Å². The number of Topliss-reactive ketones (excluding diaryl/α,β-unsaturated/α-hetero) is 1. The minimum atomic E-state index is 0.371. The molecule has 98 valence electrons. The minimum absolute atomic E-state index is 0.371. The molecule has 1 N–H and O–H groups in total. The number of piperidine rings is 1. The van der Waals surface area contributed by atoms with Crippen molar-refractivity contribution in [3.63, 3.8) is 0 Å². The highest BCUT2D eigenvalue weighted by Crippen LogP contribution is 2.19. The maximum Gasteiger partial charge on any atom is 0.133 e. The molecule has 2 aliphatic heterocycles. The number of ketones is 1. The molecule has 3 heteroatoms. The van der Waals surface area contributed by atoms with Crippen LogP contribution in [0.4, 0.5) is 0 Å². The SMILES string of the molecule is O=C(CCC1CCCNC1)CCC1CCCO1. The summed E-state index contributed by atoms with van der Waals surface area (Å²) in [5, 5.41) is 3.40. The van der Waals surface area contributed by atoms with Gasteiger partial charge in [-0.1, -0.05) is 0 Å². The molecule has 0 aromatic carbocycles. The van der Waals surface area contributed by atoms with Crippen LogP contribution in [-0.4, -0.2) is 31.6 Å². The predicted molar refractivity (Wildman–Crippen MR) is 68.0 cm³/mol. The van der Waals surface area contributed by atoms with E-state index >= 15 is 0 Å². The van der Waals surface area contributed by atoms with Gasteiger partial charge in [0.2, 0.25) is 0 Å². The summed E-state index contributed by atoms with van der Waals surface area (Å²) < 4.78 is 5.54. The molecule has 0 bridgehead atoms. The van der Waals surface area contributed by atoms with Crippen LogP contribution in [-0.2, 0) is 9.53 Å². The first kappa shape index (κ1) is 13.0. The number of hydrogen-bond acceptors (Lipinski definition) is 3. The first-order chi connectivity index (χ1) is 8.34. The third kappa shape index (κ3) is 4.76. The number of hydrogen-bond donors (Lipinski definition) is 1. The average Bonchev–Trinajstić information content (AvgIpc) is 2.88. The Balaban J connectivity index is 1.53. The molecular formula is C14H25NO2. The topological polar surface area (TPSA) is 38.3 Å². The molecule has 0 radical (unpaired) electrons. The molecule has 2 unspecified atom stereocenters. The Morgan fingerprint density at radius 1 is 1.18 bits per heavy atom. The highest BCUT2D eigenvalue weighted by Gasteiger charge is 2.18. The molecule has 2 atom stereocenters. The Morgan fingerprint density at radius 3 is 2.76 bits per heavy atom. The van der Waals surface area contributed by atoms with E-state index in [0.717, 1.165) is 57.7 Å². The van der Waals surface area contributed by atoms with Gasteiger partial charge in [0, 0.05) is 19.4 Å². The Labute approximate surface area is 104 Å². The molecule has 2 saturated heterocycles. The smallest absolute Gasteiger partial charge is 0.133 e. The van der Waals surface area contributed by atoms with Crippen molar-refractivity contribution in [1.82, 2.24) is 5.32 Å². The number of rotatable bonds is 6. The lowest BCUT2D eigenvalue weighted by Gasteiger charge is -2.22. The van der Waals surface area contributed by atoms with E-state index < -0.39 is 0 Å². The van der Waals surface area contributed by atoms with Gasteiger partial charge in [-0.05, 0) is 57.5 Å². The molecular weight excluding hydrogens is 214 g/mol. The molecule has 2 fully saturated rings. The lowest BCUT2D eigenvalue weighted by atomic mass is 9.93. The van der Waals surface area contributed by atoms with Crippen LogP contribution in [0.15, 0.2) is 0 Å². The molecule has 2 aliphatic rings. The van der Waals surface area contributed by atoms with Crippen molar-refractivity contribution in [2.45, 2.75) is 57.5 Å². The van der Waals surface area contributed by atoms with Gasteiger partial charge in [-0.2, -0.15) is 0 Å². The van der Waals surface area contributed by atoms with Crippen molar-refractivity contribution in [2.24, 2.45) is 5.92 Å². The highest BCUT2D eigenvalue weighted by molar-refractivity contribution is 5.78. The van der Waals surface area contributed by atoms with Gasteiger partial charge >= 0.3 is 0 Å². The summed E-state index contributed by atoms with van der Waals surface area (Å²) >= 11 is 0. The molecule has 2 heterocycles. The van der Waals surface area contributed by atoms with Crippen LogP contribution in [0.2, 0.25) is 0 Å². The van der Waals surface area contributed by atoms with Gasteiger partial charge < -0.3 is 10.1 Å². The first-order valence-electron chi connectivity index (χ1n) is 7.18. The Morgan fingerprint density at radius 2 is 2.06 bits per heavy atom. The third-order valence-electron chi connectivity index (χ3n) is 4.00. The summed E-state index contributed by atoms with van der Waals surface area (Å²) in [6, 6.07) is 0. The van der Waals surface area contributed by atoms with Crippen LogP contribution in [0.5, 0.6) is 0 Å². The van der Waals surface area contributed by atoms with Crippen molar-refractivity contribution in [2.75, 3.05) is 19.7 Å². The van der Waals surface area contributed by atoms with Crippen LogP contribution in [0.3, 0.4) is 0 Å². The zero-order chi connectivity index (χ0) is 11.9.